The summed E-state index contributed by atoms with van der Waals surface area (Å²) in [5.41, 5.74) is 8.36. The molecule has 1 aliphatic carbocycles. The molecule has 2 heterocycles. The topological polar surface area (TPSA) is 132 Å². The predicted molar refractivity (Wildman–Crippen MR) is 136 cm³/mol. The fourth-order valence-corrected chi connectivity index (χ4v) is 4.38. The zero-order valence-corrected chi connectivity index (χ0v) is 20.2. The summed E-state index contributed by atoms with van der Waals surface area (Å²) in [4.78, 5) is 26.4. The molecule has 1 saturated carbocycles. The number of hydrogen-bond donors (Lipinski definition) is 3. The molecule has 4 aromatic rings. The summed E-state index contributed by atoms with van der Waals surface area (Å²) in [6, 6.07) is 9.00. The molecule has 2 aromatic carbocycles. The second-order valence-electron chi connectivity index (χ2n) is 8.95. The number of halogens is 1. The Morgan fingerprint density at radius 2 is 2.03 bits per heavy atom. The van der Waals surface area contributed by atoms with Crippen molar-refractivity contribution >= 4 is 28.3 Å². The zero-order chi connectivity index (χ0) is 25.6. The molecule has 5 rings (SSSR count). The number of nitrogens with two attached hydrogens (primary N) is 1. The maximum Gasteiger partial charge on any atom is 0.261 e. The standard InChI is InChI=1S/C26H26FN7O2/c1-13-10-15(4-9-20(13)36-3)22(28)21-23(29)30-12-31-24(21)32-14(2)25-33-19-8-5-16(27)11-18(19)26(35)34(25)17-6-7-17/h4-5,8-12,14,17,28H,6-7H2,1-3H3,(H3,29,30,31,32). The van der Waals surface area contributed by atoms with E-state index >= 15 is 0 Å². The van der Waals surface area contributed by atoms with Gasteiger partial charge in [0.05, 0.1) is 35.3 Å². The summed E-state index contributed by atoms with van der Waals surface area (Å²) in [7, 11) is 1.60. The van der Waals surface area contributed by atoms with Crippen molar-refractivity contribution in [2.75, 3.05) is 18.2 Å². The average molecular weight is 488 g/mol. The first-order valence-electron chi connectivity index (χ1n) is 11.6. The van der Waals surface area contributed by atoms with Gasteiger partial charge in [0.1, 0.15) is 35.4 Å². The maximum absolute atomic E-state index is 13.8. The minimum absolute atomic E-state index is 0.0208. The molecule has 0 spiro atoms. The Balaban J connectivity index is 1.55. The molecular weight excluding hydrogens is 461 g/mol. The van der Waals surface area contributed by atoms with Crippen molar-refractivity contribution in [1.29, 1.82) is 5.41 Å². The molecule has 1 unspecified atom stereocenters. The minimum Gasteiger partial charge on any atom is -0.496 e. The summed E-state index contributed by atoms with van der Waals surface area (Å²) < 4.78 is 20.8. The monoisotopic (exact) mass is 487 g/mol. The molecule has 0 bridgehead atoms. The second-order valence-corrected chi connectivity index (χ2v) is 8.95. The number of nitrogens with one attached hydrogen (secondary N) is 2. The van der Waals surface area contributed by atoms with Gasteiger partial charge < -0.3 is 15.8 Å². The molecule has 0 saturated heterocycles. The number of benzene rings is 2. The average Bonchev–Trinajstić information content (AvgIpc) is 3.69. The molecule has 1 atom stereocenters. The van der Waals surface area contributed by atoms with E-state index in [1.54, 1.807) is 23.8 Å². The number of methoxy groups -OCH3 is 1. The lowest BCUT2D eigenvalue weighted by molar-refractivity contribution is 0.411. The van der Waals surface area contributed by atoms with E-state index in [9.17, 15) is 9.18 Å². The van der Waals surface area contributed by atoms with E-state index in [1.807, 2.05) is 19.9 Å². The van der Waals surface area contributed by atoms with Gasteiger partial charge in [-0.25, -0.2) is 19.3 Å². The molecule has 4 N–H and O–H groups in total. The lowest BCUT2D eigenvalue weighted by Crippen LogP contribution is -2.28. The van der Waals surface area contributed by atoms with Crippen molar-refractivity contribution in [2.24, 2.45) is 0 Å². The van der Waals surface area contributed by atoms with Gasteiger partial charge in [-0.2, -0.15) is 0 Å². The Kier molecular flexibility index (Phi) is 5.87. The van der Waals surface area contributed by atoms with Crippen LogP contribution in [0.1, 0.15) is 54.4 Å². The van der Waals surface area contributed by atoms with Crippen LogP contribution >= 0.6 is 0 Å². The summed E-state index contributed by atoms with van der Waals surface area (Å²) in [6.07, 6.45) is 3.04. The third-order valence-electron chi connectivity index (χ3n) is 6.35. The summed E-state index contributed by atoms with van der Waals surface area (Å²) in [6.45, 7) is 3.76. The van der Waals surface area contributed by atoms with E-state index in [0.29, 0.717) is 28.3 Å². The Bertz CT molecular complexity index is 1560. The van der Waals surface area contributed by atoms with Gasteiger partial charge in [0.15, 0.2) is 0 Å². The highest BCUT2D eigenvalue weighted by Crippen LogP contribution is 2.36. The van der Waals surface area contributed by atoms with E-state index in [0.717, 1.165) is 24.2 Å². The fraction of sp³-hybridized carbons (Fsp3) is 0.269. The largest absolute Gasteiger partial charge is 0.496 e. The van der Waals surface area contributed by atoms with Crippen LogP contribution in [0.4, 0.5) is 16.0 Å². The van der Waals surface area contributed by atoms with Crippen LogP contribution in [0, 0.1) is 18.2 Å². The number of rotatable bonds is 7. The minimum atomic E-state index is -0.476. The van der Waals surface area contributed by atoms with Crippen LogP contribution < -0.4 is 21.3 Å². The summed E-state index contributed by atoms with van der Waals surface area (Å²) >= 11 is 0. The molecule has 9 nitrogen and oxygen atoms in total. The second kappa shape index (κ2) is 9.03. The zero-order valence-electron chi connectivity index (χ0n) is 20.2. The van der Waals surface area contributed by atoms with Crippen molar-refractivity contribution in [2.45, 2.75) is 38.8 Å². The lowest BCUT2D eigenvalue weighted by Gasteiger charge is -2.21. The van der Waals surface area contributed by atoms with Gasteiger partial charge in [0.2, 0.25) is 0 Å². The number of nitrogens with zero attached hydrogens (tertiary/aromatic N) is 4. The number of nitrogen functional groups attached to an aromatic ring is 1. The summed E-state index contributed by atoms with van der Waals surface area (Å²) in [5, 5.41) is 12.4. The van der Waals surface area contributed by atoms with Gasteiger partial charge in [0.25, 0.3) is 5.56 Å². The first-order chi connectivity index (χ1) is 17.3. The summed E-state index contributed by atoms with van der Waals surface area (Å²) in [5.74, 6) is 1.26. The van der Waals surface area contributed by atoms with Gasteiger partial charge in [-0.1, -0.05) is 0 Å². The van der Waals surface area contributed by atoms with E-state index in [1.165, 1.54) is 24.5 Å². The van der Waals surface area contributed by atoms with E-state index in [-0.39, 0.29) is 28.5 Å². The number of ether oxygens (including phenoxy) is 1. The fourth-order valence-electron chi connectivity index (χ4n) is 4.38. The number of fused-ring (bicyclic) bond motifs is 1. The van der Waals surface area contributed by atoms with E-state index in [2.05, 4.69) is 15.3 Å². The first-order valence-corrected chi connectivity index (χ1v) is 11.6. The van der Waals surface area contributed by atoms with Crippen LogP contribution in [0.25, 0.3) is 10.9 Å². The first kappa shape index (κ1) is 23.4. The molecule has 0 radical (unpaired) electrons. The quantitative estimate of drug-likeness (QED) is 0.334. The third kappa shape index (κ3) is 4.15. The van der Waals surface area contributed by atoms with Crippen LogP contribution in [0.2, 0.25) is 0 Å². The Labute approximate surface area is 206 Å². The Hall–Kier alpha value is -4.34. The van der Waals surface area contributed by atoms with Crippen LogP contribution in [0.15, 0.2) is 47.5 Å². The maximum atomic E-state index is 13.8. The highest BCUT2D eigenvalue weighted by Gasteiger charge is 2.31. The number of anilines is 2. The van der Waals surface area contributed by atoms with Gasteiger partial charge in [-0.05, 0) is 68.7 Å². The number of hydrogen-bond acceptors (Lipinski definition) is 8. The molecular formula is C26H26FN7O2. The van der Waals surface area contributed by atoms with Crippen LogP contribution in [-0.4, -0.2) is 32.3 Å². The highest BCUT2D eigenvalue weighted by atomic mass is 19.1. The molecule has 2 aromatic heterocycles. The van der Waals surface area contributed by atoms with Gasteiger partial charge in [0, 0.05) is 11.6 Å². The van der Waals surface area contributed by atoms with Gasteiger partial charge >= 0.3 is 0 Å². The third-order valence-corrected chi connectivity index (χ3v) is 6.35. The van der Waals surface area contributed by atoms with Crippen LogP contribution in [0.5, 0.6) is 5.75 Å². The van der Waals surface area contributed by atoms with Crippen LogP contribution in [0.3, 0.4) is 0 Å². The molecule has 0 amide bonds. The number of aromatic nitrogens is 4. The molecule has 36 heavy (non-hydrogen) atoms. The van der Waals surface area contributed by atoms with Crippen molar-refractivity contribution < 1.29 is 9.13 Å². The normalized spacial score (nSPS) is 14.0. The molecule has 1 aliphatic rings. The lowest BCUT2D eigenvalue weighted by atomic mass is 10.0. The van der Waals surface area contributed by atoms with E-state index in [4.69, 9.17) is 20.9 Å². The Morgan fingerprint density at radius 3 is 2.72 bits per heavy atom. The van der Waals surface area contributed by atoms with Crippen molar-refractivity contribution in [3.63, 3.8) is 0 Å². The Morgan fingerprint density at radius 1 is 1.25 bits per heavy atom. The molecule has 0 aliphatic heterocycles. The molecule has 1 fully saturated rings. The van der Waals surface area contributed by atoms with E-state index < -0.39 is 11.9 Å². The highest BCUT2D eigenvalue weighted by molar-refractivity contribution is 6.16. The van der Waals surface area contributed by atoms with Crippen molar-refractivity contribution in [3.05, 3.63) is 81.4 Å². The SMILES string of the molecule is COc1ccc(C(=N)c2c(N)ncnc2NC(C)c2nc3ccc(F)cc3c(=O)n2C2CC2)cc1C. The van der Waals surface area contributed by atoms with Gasteiger partial charge in [-0.15, -0.1) is 0 Å². The van der Waals surface area contributed by atoms with Crippen molar-refractivity contribution in [1.82, 2.24) is 19.5 Å². The number of aryl methyl sites for hydroxylation is 1. The van der Waals surface area contributed by atoms with Crippen molar-refractivity contribution in [3.8, 4) is 5.75 Å². The molecule has 184 valence electrons. The predicted octanol–water partition coefficient (Wildman–Crippen LogP) is 4.15. The molecule has 10 heteroatoms. The van der Waals surface area contributed by atoms with Crippen LogP contribution in [-0.2, 0) is 0 Å². The smallest absolute Gasteiger partial charge is 0.261 e. The van der Waals surface area contributed by atoms with Gasteiger partial charge in [-0.3, -0.25) is 14.8 Å².